The van der Waals surface area contributed by atoms with Gasteiger partial charge in [0.2, 0.25) is 0 Å². The molecule has 1 atom stereocenters. The predicted molar refractivity (Wildman–Crippen MR) is 100 cm³/mol. The molecule has 7 nitrogen and oxygen atoms in total. The van der Waals surface area contributed by atoms with Crippen LogP contribution in [0.4, 0.5) is 4.79 Å². The summed E-state index contributed by atoms with van der Waals surface area (Å²) >= 11 is 0. The first-order chi connectivity index (χ1) is 13.3. The SMILES string of the molecule is O=C(NCc1cnn(-c2ccccc2)c1)NCC1COc2ccccc2O1. The third kappa shape index (κ3) is 4.20. The number of aromatic nitrogens is 2. The lowest BCUT2D eigenvalue weighted by molar-refractivity contribution is 0.0918. The van der Waals surface area contributed by atoms with Crippen molar-refractivity contribution in [2.45, 2.75) is 12.6 Å². The van der Waals surface area contributed by atoms with Gasteiger partial charge in [-0.15, -0.1) is 0 Å². The lowest BCUT2D eigenvalue weighted by atomic mass is 10.2. The number of para-hydroxylation sites is 3. The van der Waals surface area contributed by atoms with E-state index in [0.717, 1.165) is 17.0 Å². The van der Waals surface area contributed by atoms with Crippen molar-refractivity contribution in [1.29, 1.82) is 0 Å². The molecule has 7 heteroatoms. The van der Waals surface area contributed by atoms with Crippen molar-refractivity contribution in [3.05, 3.63) is 72.6 Å². The van der Waals surface area contributed by atoms with E-state index in [1.54, 1.807) is 10.9 Å². The molecule has 3 aromatic rings. The molecule has 2 heterocycles. The van der Waals surface area contributed by atoms with Crippen LogP contribution in [0.25, 0.3) is 5.69 Å². The van der Waals surface area contributed by atoms with E-state index in [-0.39, 0.29) is 12.1 Å². The van der Waals surface area contributed by atoms with Crippen LogP contribution >= 0.6 is 0 Å². The Balaban J connectivity index is 1.23. The molecule has 0 aliphatic carbocycles. The third-order valence-corrected chi connectivity index (χ3v) is 4.17. The highest BCUT2D eigenvalue weighted by Gasteiger charge is 2.20. The van der Waals surface area contributed by atoms with Gasteiger partial charge in [-0.1, -0.05) is 30.3 Å². The molecule has 0 saturated heterocycles. The van der Waals surface area contributed by atoms with E-state index in [0.29, 0.717) is 25.4 Å². The monoisotopic (exact) mass is 364 g/mol. The van der Waals surface area contributed by atoms with Crippen molar-refractivity contribution in [2.24, 2.45) is 0 Å². The molecule has 1 unspecified atom stereocenters. The second-order valence-corrected chi connectivity index (χ2v) is 6.19. The van der Waals surface area contributed by atoms with Gasteiger partial charge in [-0.3, -0.25) is 0 Å². The highest BCUT2D eigenvalue weighted by molar-refractivity contribution is 5.73. The van der Waals surface area contributed by atoms with E-state index >= 15 is 0 Å². The fourth-order valence-electron chi connectivity index (χ4n) is 2.79. The van der Waals surface area contributed by atoms with Gasteiger partial charge in [-0.25, -0.2) is 9.48 Å². The van der Waals surface area contributed by atoms with Gasteiger partial charge in [-0.2, -0.15) is 5.10 Å². The van der Waals surface area contributed by atoms with Crippen molar-refractivity contribution < 1.29 is 14.3 Å². The number of amides is 2. The van der Waals surface area contributed by atoms with Gasteiger partial charge in [0.1, 0.15) is 6.61 Å². The average Bonchev–Trinajstić information content (AvgIpc) is 3.20. The van der Waals surface area contributed by atoms with Gasteiger partial charge in [0.05, 0.1) is 18.4 Å². The van der Waals surface area contributed by atoms with E-state index in [1.165, 1.54) is 0 Å². The summed E-state index contributed by atoms with van der Waals surface area (Å²) in [4.78, 5) is 12.0. The summed E-state index contributed by atoms with van der Waals surface area (Å²) in [6.45, 7) is 1.16. The largest absolute Gasteiger partial charge is 0.486 e. The minimum atomic E-state index is -0.259. The Morgan fingerprint density at radius 2 is 1.85 bits per heavy atom. The molecule has 27 heavy (non-hydrogen) atoms. The summed E-state index contributed by atoms with van der Waals surface area (Å²) in [6, 6.07) is 17.1. The first-order valence-corrected chi connectivity index (χ1v) is 8.77. The minimum Gasteiger partial charge on any atom is -0.486 e. The van der Waals surface area contributed by atoms with Gasteiger partial charge < -0.3 is 20.1 Å². The average molecular weight is 364 g/mol. The van der Waals surface area contributed by atoms with Crippen LogP contribution < -0.4 is 20.1 Å². The molecule has 0 radical (unpaired) electrons. The van der Waals surface area contributed by atoms with Gasteiger partial charge in [0, 0.05) is 18.3 Å². The smallest absolute Gasteiger partial charge is 0.315 e. The van der Waals surface area contributed by atoms with Gasteiger partial charge >= 0.3 is 6.03 Å². The Labute approximate surface area is 156 Å². The number of ether oxygens (including phenoxy) is 2. The maximum absolute atomic E-state index is 12.0. The maximum atomic E-state index is 12.0. The molecule has 0 saturated carbocycles. The number of nitrogens with one attached hydrogen (secondary N) is 2. The fraction of sp³-hybridized carbons (Fsp3) is 0.200. The van der Waals surface area contributed by atoms with Gasteiger partial charge in [0.15, 0.2) is 17.6 Å². The molecular formula is C20H20N4O3. The van der Waals surface area contributed by atoms with E-state index in [4.69, 9.17) is 9.47 Å². The molecular weight excluding hydrogens is 344 g/mol. The lowest BCUT2D eigenvalue weighted by Crippen LogP contribution is -2.44. The molecule has 0 fully saturated rings. The summed E-state index contributed by atoms with van der Waals surface area (Å²) in [6.07, 6.45) is 3.42. The fourth-order valence-corrected chi connectivity index (χ4v) is 2.79. The summed E-state index contributed by atoms with van der Waals surface area (Å²) in [5.74, 6) is 1.43. The van der Waals surface area contributed by atoms with Crippen molar-refractivity contribution in [3.63, 3.8) is 0 Å². The Kier molecular flexibility index (Phi) is 4.91. The second-order valence-electron chi connectivity index (χ2n) is 6.19. The van der Waals surface area contributed by atoms with Crippen LogP contribution in [0.5, 0.6) is 11.5 Å². The second kappa shape index (κ2) is 7.82. The Morgan fingerprint density at radius 1 is 1.07 bits per heavy atom. The van der Waals surface area contributed by atoms with Crippen LogP contribution in [0.2, 0.25) is 0 Å². The zero-order valence-corrected chi connectivity index (χ0v) is 14.7. The molecule has 1 aromatic heterocycles. The summed E-state index contributed by atoms with van der Waals surface area (Å²) < 4.78 is 13.2. The van der Waals surface area contributed by atoms with Crippen molar-refractivity contribution >= 4 is 6.03 Å². The highest BCUT2D eigenvalue weighted by atomic mass is 16.6. The molecule has 0 spiro atoms. The molecule has 2 N–H and O–H groups in total. The van der Waals surface area contributed by atoms with Crippen LogP contribution in [-0.2, 0) is 6.54 Å². The standard InChI is InChI=1S/C20H20N4O3/c25-20(22-12-17-14-26-18-8-4-5-9-19(18)27-17)21-10-15-11-23-24(13-15)16-6-2-1-3-7-16/h1-9,11,13,17H,10,12,14H2,(H2,21,22,25). The van der Waals surface area contributed by atoms with Crippen molar-refractivity contribution in [1.82, 2.24) is 20.4 Å². The van der Waals surface area contributed by atoms with E-state index in [1.807, 2.05) is 60.8 Å². The van der Waals surface area contributed by atoms with Gasteiger partial charge in [0.25, 0.3) is 0 Å². The molecule has 0 bridgehead atoms. The Bertz CT molecular complexity index is 910. The molecule has 2 aromatic carbocycles. The lowest BCUT2D eigenvalue weighted by Gasteiger charge is -2.26. The normalized spacial score (nSPS) is 15.2. The van der Waals surface area contributed by atoms with Crippen LogP contribution in [0.3, 0.4) is 0 Å². The van der Waals surface area contributed by atoms with E-state index in [9.17, 15) is 4.79 Å². The number of benzene rings is 2. The zero-order chi connectivity index (χ0) is 18.5. The van der Waals surface area contributed by atoms with Crippen LogP contribution in [0.15, 0.2) is 67.0 Å². The Hall–Kier alpha value is -3.48. The van der Waals surface area contributed by atoms with Crippen LogP contribution in [-0.4, -0.2) is 35.1 Å². The molecule has 4 rings (SSSR count). The topological polar surface area (TPSA) is 77.4 Å². The first kappa shape index (κ1) is 17.0. The number of rotatable bonds is 5. The summed E-state index contributed by atoms with van der Waals surface area (Å²) in [5, 5.41) is 9.95. The molecule has 1 aliphatic heterocycles. The summed E-state index contributed by atoms with van der Waals surface area (Å²) in [7, 11) is 0. The van der Waals surface area contributed by atoms with Gasteiger partial charge in [-0.05, 0) is 24.3 Å². The van der Waals surface area contributed by atoms with Crippen molar-refractivity contribution in [3.8, 4) is 17.2 Å². The number of nitrogens with zero attached hydrogens (tertiary/aromatic N) is 2. The molecule has 2 amide bonds. The number of hydrogen-bond donors (Lipinski definition) is 2. The van der Waals surface area contributed by atoms with Crippen LogP contribution in [0.1, 0.15) is 5.56 Å². The molecule has 138 valence electrons. The Morgan fingerprint density at radius 3 is 2.70 bits per heavy atom. The number of carbonyl (C=O) groups is 1. The number of fused-ring (bicyclic) bond motifs is 1. The number of hydrogen-bond acceptors (Lipinski definition) is 4. The number of urea groups is 1. The third-order valence-electron chi connectivity index (χ3n) is 4.17. The quantitative estimate of drug-likeness (QED) is 0.729. The maximum Gasteiger partial charge on any atom is 0.315 e. The highest BCUT2D eigenvalue weighted by Crippen LogP contribution is 2.30. The van der Waals surface area contributed by atoms with E-state index in [2.05, 4.69) is 15.7 Å². The molecule has 1 aliphatic rings. The van der Waals surface area contributed by atoms with Crippen LogP contribution in [0, 0.1) is 0 Å². The van der Waals surface area contributed by atoms with E-state index < -0.39 is 0 Å². The summed E-state index contributed by atoms with van der Waals surface area (Å²) in [5.41, 5.74) is 1.89. The first-order valence-electron chi connectivity index (χ1n) is 8.77. The number of carbonyl (C=O) groups excluding carboxylic acids is 1. The predicted octanol–water partition coefficient (Wildman–Crippen LogP) is 2.51. The minimum absolute atomic E-state index is 0.216. The van der Waals surface area contributed by atoms with Crippen molar-refractivity contribution in [2.75, 3.05) is 13.2 Å². The zero-order valence-electron chi connectivity index (χ0n) is 14.7.